The number of hydrogen-bond acceptors (Lipinski definition) is 6. The summed E-state index contributed by atoms with van der Waals surface area (Å²) in [6.07, 6.45) is 8.88. The highest BCUT2D eigenvalue weighted by Crippen LogP contribution is 2.27. The number of anilines is 2. The Morgan fingerprint density at radius 2 is 2.12 bits per heavy atom. The van der Waals surface area contributed by atoms with Crippen molar-refractivity contribution in [3.8, 4) is 0 Å². The van der Waals surface area contributed by atoms with E-state index in [9.17, 15) is 0 Å². The Bertz CT molecular complexity index is 882. The highest BCUT2D eigenvalue weighted by atomic mass is 15.3. The van der Waals surface area contributed by atoms with E-state index in [2.05, 4.69) is 36.6 Å². The fraction of sp³-hybridized carbons (Fsp3) is 0.412. The number of nitrogens with one attached hydrogen (secondary N) is 1. The Hall–Kier alpha value is -2.70. The summed E-state index contributed by atoms with van der Waals surface area (Å²) in [5.74, 6) is 2.53. The molecule has 0 spiro atoms. The zero-order valence-electron chi connectivity index (χ0n) is 13.4. The van der Waals surface area contributed by atoms with Crippen molar-refractivity contribution in [2.45, 2.75) is 19.3 Å². The van der Waals surface area contributed by atoms with Gasteiger partial charge in [0.2, 0.25) is 0 Å². The van der Waals surface area contributed by atoms with Gasteiger partial charge in [0.1, 0.15) is 5.52 Å². The number of hydrogen-bond donors (Lipinski definition) is 1. The van der Waals surface area contributed by atoms with Gasteiger partial charge < -0.3 is 10.2 Å². The van der Waals surface area contributed by atoms with Crippen LogP contribution in [-0.2, 0) is 12.8 Å². The van der Waals surface area contributed by atoms with Crippen molar-refractivity contribution in [3.63, 3.8) is 0 Å². The molecule has 1 fully saturated rings. The quantitative estimate of drug-likeness (QED) is 0.786. The first-order valence-electron chi connectivity index (χ1n) is 8.49. The summed E-state index contributed by atoms with van der Waals surface area (Å²) in [4.78, 5) is 6.73. The van der Waals surface area contributed by atoms with Gasteiger partial charge in [0.25, 0.3) is 0 Å². The molecule has 0 aromatic carbocycles. The van der Waals surface area contributed by atoms with Gasteiger partial charge in [0.15, 0.2) is 11.6 Å². The van der Waals surface area contributed by atoms with Crippen LogP contribution in [0, 0.1) is 5.92 Å². The van der Waals surface area contributed by atoms with Gasteiger partial charge in [-0.15, -0.1) is 5.10 Å². The van der Waals surface area contributed by atoms with E-state index in [0.717, 1.165) is 49.6 Å². The van der Waals surface area contributed by atoms with Crippen LogP contribution in [0.15, 0.2) is 30.7 Å². The van der Waals surface area contributed by atoms with E-state index in [-0.39, 0.29) is 0 Å². The van der Waals surface area contributed by atoms with Crippen LogP contribution in [0.5, 0.6) is 0 Å². The number of fused-ring (bicyclic) bond motifs is 2. The van der Waals surface area contributed by atoms with Crippen LogP contribution in [-0.4, -0.2) is 44.4 Å². The first-order valence-corrected chi connectivity index (χ1v) is 8.49. The highest BCUT2D eigenvalue weighted by molar-refractivity contribution is 5.66. The Labute approximate surface area is 139 Å². The van der Waals surface area contributed by atoms with Crippen LogP contribution in [0.2, 0.25) is 0 Å². The van der Waals surface area contributed by atoms with Gasteiger partial charge in [0.05, 0.1) is 11.9 Å². The smallest absolute Gasteiger partial charge is 0.152 e. The molecule has 7 heteroatoms. The van der Waals surface area contributed by atoms with Gasteiger partial charge in [-0.2, -0.15) is 10.2 Å². The lowest BCUT2D eigenvalue weighted by atomic mass is 10.00. The normalized spacial score (nSPS) is 17.1. The topological polar surface area (TPSA) is 71.2 Å². The van der Waals surface area contributed by atoms with Gasteiger partial charge in [-0.25, -0.2) is 9.50 Å². The second kappa shape index (κ2) is 5.43. The molecule has 1 aliphatic heterocycles. The molecular weight excluding hydrogens is 302 g/mol. The van der Waals surface area contributed by atoms with E-state index in [1.807, 2.05) is 16.8 Å². The molecule has 2 aliphatic rings. The van der Waals surface area contributed by atoms with Crippen molar-refractivity contribution in [1.29, 1.82) is 0 Å². The standard InChI is InChI=1S/C17H19N7/c1-2-13-8-16(22-21-14(13)3-1)23-10-12(11-23)9-19-17-15-4-5-20-24(15)7-6-18-17/h4-8,12H,1-3,9-11H2,(H,18,19). The molecular formula is C17H19N7. The number of aryl methyl sites for hydroxylation is 2. The second-order valence-electron chi connectivity index (χ2n) is 6.62. The van der Waals surface area contributed by atoms with Gasteiger partial charge in [-0.3, -0.25) is 0 Å². The van der Waals surface area contributed by atoms with Crippen LogP contribution in [0.3, 0.4) is 0 Å². The maximum Gasteiger partial charge on any atom is 0.152 e. The zero-order valence-corrected chi connectivity index (χ0v) is 13.4. The lowest BCUT2D eigenvalue weighted by Crippen LogP contribution is -2.50. The molecule has 5 rings (SSSR count). The van der Waals surface area contributed by atoms with E-state index in [1.54, 1.807) is 12.4 Å². The van der Waals surface area contributed by atoms with Crippen LogP contribution >= 0.6 is 0 Å². The molecule has 0 amide bonds. The molecule has 0 saturated carbocycles. The minimum Gasteiger partial charge on any atom is -0.368 e. The molecule has 1 N–H and O–H groups in total. The Balaban J connectivity index is 1.21. The molecule has 1 saturated heterocycles. The minimum absolute atomic E-state index is 0.602. The molecule has 7 nitrogen and oxygen atoms in total. The molecule has 0 bridgehead atoms. The second-order valence-corrected chi connectivity index (χ2v) is 6.62. The van der Waals surface area contributed by atoms with Crippen LogP contribution < -0.4 is 10.2 Å². The average Bonchev–Trinajstić information content (AvgIpc) is 3.22. The Morgan fingerprint density at radius 3 is 3.08 bits per heavy atom. The highest BCUT2D eigenvalue weighted by Gasteiger charge is 2.29. The van der Waals surface area contributed by atoms with Gasteiger partial charge in [-0.1, -0.05) is 0 Å². The molecule has 0 atom stereocenters. The third-order valence-electron chi connectivity index (χ3n) is 4.97. The predicted octanol–water partition coefficient (Wildman–Crippen LogP) is 1.56. The monoisotopic (exact) mass is 321 g/mol. The molecule has 122 valence electrons. The Kier molecular flexibility index (Phi) is 3.11. The van der Waals surface area contributed by atoms with Crippen molar-refractivity contribution in [2.75, 3.05) is 29.9 Å². The van der Waals surface area contributed by atoms with E-state index >= 15 is 0 Å². The van der Waals surface area contributed by atoms with Crippen LogP contribution in [0.25, 0.3) is 5.52 Å². The fourth-order valence-electron chi connectivity index (χ4n) is 3.59. The third kappa shape index (κ3) is 2.28. The molecule has 3 aromatic heterocycles. The molecule has 0 unspecified atom stereocenters. The summed E-state index contributed by atoms with van der Waals surface area (Å²) in [7, 11) is 0. The zero-order chi connectivity index (χ0) is 15.9. The maximum absolute atomic E-state index is 4.42. The molecule has 4 heterocycles. The van der Waals surface area contributed by atoms with E-state index in [4.69, 9.17) is 0 Å². The molecule has 24 heavy (non-hydrogen) atoms. The number of aromatic nitrogens is 5. The summed E-state index contributed by atoms with van der Waals surface area (Å²) in [6, 6.07) is 4.20. The third-order valence-corrected chi connectivity index (χ3v) is 4.97. The lowest BCUT2D eigenvalue weighted by molar-refractivity contribution is 0.425. The van der Waals surface area contributed by atoms with Crippen molar-refractivity contribution in [3.05, 3.63) is 42.0 Å². The van der Waals surface area contributed by atoms with Crippen molar-refractivity contribution >= 4 is 17.2 Å². The van der Waals surface area contributed by atoms with Crippen LogP contribution in [0.4, 0.5) is 11.6 Å². The van der Waals surface area contributed by atoms with Crippen molar-refractivity contribution in [2.24, 2.45) is 5.92 Å². The lowest BCUT2D eigenvalue weighted by Gasteiger charge is -2.40. The first kappa shape index (κ1) is 13.7. The predicted molar refractivity (Wildman–Crippen MR) is 91.2 cm³/mol. The fourth-order valence-corrected chi connectivity index (χ4v) is 3.59. The minimum atomic E-state index is 0.602. The molecule has 3 aromatic rings. The summed E-state index contributed by atoms with van der Waals surface area (Å²) < 4.78 is 1.84. The Morgan fingerprint density at radius 1 is 1.17 bits per heavy atom. The average molecular weight is 321 g/mol. The summed E-state index contributed by atoms with van der Waals surface area (Å²) in [5, 5.41) is 16.5. The van der Waals surface area contributed by atoms with E-state index in [0.29, 0.717) is 5.92 Å². The molecule has 0 radical (unpaired) electrons. The summed E-state index contributed by atoms with van der Waals surface area (Å²) >= 11 is 0. The maximum atomic E-state index is 4.42. The van der Waals surface area contributed by atoms with Gasteiger partial charge in [0, 0.05) is 37.9 Å². The summed E-state index contributed by atoms with van der Waals surface area (Å²) in [5.41, 5.74) is 3.59. The van der Waals surface area contributed by atoms with E-state index in [1.165, 1.54) is 17.7 Å². The van der Waals surface area contributed by atoms with Gasteiger partial charge in [-0.05, 0) is 37.0 Å². The SMILES string of the molecule is c1cn2nccc2c(NCC2CN(c3cc4c(nn3)CCC4)C2)n1. The number of nitrogens with zero attached hydrogens (tertiary/aromatic N) is 6. The van der Waals surface area contributed by atoms with Crippen LogP contribution in [0.1, 0.15) is 17.7 Å². The van der Waals surface area contributed by atoms with E-state index < -0.39 is 0 Å². The van der Waals surface area contributed by atoms with Gasteiger partial charge >= 0.3 is 0 Å². The molecule has 1 aliphatic carbocycles. The largest absolute Gasteiger partial charge is 0.368 e. The number of rotatable bonds is 4. The van der Waals surface area contributed by atoms with Crippen molar-refractivity contribution in [1.82, 2.24) is 24.8 Å². The van der Waals surface area contributed by atoms with Crippen molar-refractivity contribution < 1.29 is 0 Å². The summed E-state index contributed by atoms with van der Waals surface area (Å²) in [6.45, 7) is 2.94. The first-order chi connectivity index (χ1) is 11.9.